The summed E-state index contributed by atoms with van der Waals surface area (Å²) in [4.78, 5) is 12.1. The molecule has 2 N–H and O–H groups in total. The number of anilines is 1. The highest BCUT2D eigenvalue weighted by Gasteiger charge is 2.22. The zero-order valence-corrected chi connectivity index (χ0v) is 13.9. The molecule has 2 atom stereocenters. The minimum absolute atomic E-state index is 0.0345. The Labute approximate surface area is 133 Å². The third-order valence-corrected chi connectivity index (χ3v) is 4.66. The number of hydrogen-bond acceptors (Lipinski definition) is 2. The zero-order chi connectivity index (χ0) is 14.5. The van der Waals surface area contributed by atoms with Gasteiger partial charge in [0, 0.05) is 10.9 Å². The monoisotopic (exact) mass is 358 g/mol. The van der Waals surface area contributed by atoms with Crippen LogP contribution in [0.15, 0.2) is 22.7 Å². The molecule has 0 aromatic heterocycles. The molecule has 0 aliphatic carbocycles. The molecule has 5 heteroatoms. The Balaban J connectivity index is 1.88. The normalized spacial score (nSPS) is 20.4. The van der Waals surface area contributed by atoms with Crippen LogP contribution in [0.3, 0.4) is 0 Å². The van der Waals surface area contributed by atoms with Gasteiger partial charge in [-0.15, -0.1) is 0 Å². The standard InChI is InChI=1S/C15H20BrClN2O/c1-10(11-3-2-6-18-9-11)7-15(20)19-14-5-4-12(16)8-13(14)17/h4-5,8,10-11,18H,2-3,6-7,9H2,1H3,(H,19,20). The number of benzene rings is 1. The van der Waals surface area contributed by atoms with E-state index in [1.54, 1.807) is 6.07 Å². The third kappa shape index (κ3) is 4.47. The summed E-state index contributed by atoms with van der Waals surface area (Å²) in [6.45, 7) is 4.28. The van der Waals surface area contributed by atoms with Gasteiger partial charge in [-0.25, -0.2) is 0 Å². The molecular weight excluding hydrogens is 340 g/mol. The predicted molar refractivity (Wildman–Crippen MR) is 87.2 cm³/mol. The van der Waals surface area contributed by atoms with Crippen LogP contribution in [-0.2, 0) is 4.79 Å². The molecule has 1 aromatic carbocycles. The lowest BCUT2D eigenvalue weighted by Gasteiger charge is -2.28. The van der Waals surface area contributed by atoms with E-state index in [2.05, 4.69) is 33.5 Å². The Bertz CT molecular complexity index is 475. The lowest BCUT2D eigenvalue weighted by molar-refractivity contribution is -0.117. The van der Waals surface area contributed by atoms with Crippen molar-refractivity contribution < 1.29 is 4.79 Å². The number of hydrogen-bond donors (Lipinski definition) is 2. The van der Waals surface area contributed by atoms with E-state index in [9.17, 15) is 4.79 Å². The number of nitrogens with one attached hydrogen (secondary N) is 2. The fourth-order valence-corrected chi connectivity index (χ4v) is 3.34. The quantitative estimate of drug-likeness (QED) is 0.851. The van der Waals surface area contributed by atoms with Crippen molar-refractivity contribution in [2.75, 3.05) is 18.4 Å². The van der Waals surface area contributed by atoms with Crippen molar-refractivity contribution in [3.05, 3.63) is 27.7 Å². The molecule has 1 aromatic rings. The molecule has 2 rings (SSSR count). The van der Waals surface area contributed by atoms with Gasteiger partial charge in [0.15, 0.2) is 0 Å². The van der Waals surface area contributed by atoms with E-state index in [0.29, 0.717) is 29.0 Å². The van der Waals surface area contributed by atoms with Crippen LogP contribution in [0.5, 0.6) is 0 Å². The molecule has 20 heavy (non-hydrogen) atoms. The van der Waals surface area contributed by atoms with E-state index < -0.39 is 0 Å². The van der Waals surface area contributed by atoms with Crippen molar-refractivity contribution in [2.24, 2.45) is 11.8 Å². The molecule has 0 radical (unpaired) electrons. The van der Waals surface area contributed by atoms with Gasteiger partial charge < -0.3 is 10.6 Å². The number of amides is 1. The minimum Gasteiger partial charge on any atom is -0.325 e. The van der Waals surface area contributed by atoms with E-state index in [4.69, 9.17) is 11.6 Å². The van der Waals surface area contributed by atoms with Crippen molar-refractivity contribution in [3.63, 3.8) is 0 Å². The molecule has 1 aliphatic rings. The van der Waals surface area contributed by atoms with Crippen molar-refractivity contribution in [3.8, 4) is 0 Å². The topological polar surface area (TPSA) is 41.1 Å². The second kappa shape index (κ2) is 7.43. The lowest BCUT2D eigenvalue weighted by atomic mass is 9.85. The van der Waals surface area contributed by atoms with E-state index in [1.807, 2.05) is 12.1 Å². The summed E-state index contributed by atoms with van der Waals surface area (Å²) in [7, 11) is 0. The summed E-state index contributed by atoms with van der Waals surface area (Å²) >= 11 is 9.45. The second-order valence-corrected chi connectivity index (χ2v) is 6.78. The van der Waals surface area contributed by atoms with Crippen molar-refractivity contribution >= 4 is 39.1 Å². The third-order valence-electron chi connectivity index (χ3n) is 3.85. The Morgan fingerprint density at radius 3 is 3.05 bits per heavy atom. The van der Waals surface area contributed by atoms with Crippen LogP contribution >= 0.6 is 27.5 Å². The summed E-state index contributed by atoms with van der Waals surface area (Å²) < 4.78 is 0.905. The summed E-state index contributed by atoms with van der Waals surface area (Å²) in [5, 5.41) is 6.85. The SMILES string of the molecule is CC(CC(=O)Nc1ccc(Br)cc1Cl)C1CCCNC1. The summed E-state index contributed by atoms with van der Waals surface area (Å²) in [6, 6.07) is 5.47. The van der Waals surface area contributed by atoms with Gasteiger partial charge in [0.1, 0.15) is 0 Å². The molecule has 0 spiro atoms. The van der Waals surface area contributed by atoms with E-state index in [1.165, 1.54) is 12.8 Å². The lowest BCUT2D eigenvalue weighted by Crippen LogP contribution is -2.34. The number of rotatable bonds is 4. The maximum absolute atomic E-state index is 12.1. The fraction of sp³-hybridized carbons (Fsp3) is 0.533. The molecule has 0 bridgehead atoms. The van der Waals surface area contributed by atoms with Gasteiger partial charge in [-0.05, 0) is 56.0 Å². The Morgan fingerprint density at radius 1 is 1.60 bits per heavy atom. The molecule has 1 saturated heterocycles. The Kier molecular flexibility index (Phi) is 5.87. The van der Waals surface area contributed by atoms with Gasteiger partial charge in [-0.2, -0.15) is 0 Å². The van der Waals surface area contributed by atoms with Crippen LogP contribution in [0, 0.1) is 11.8 Å². The average Bonchev–Trinajstić information content (AvgIpc) is 2.43. The molecule has 0 saturated carbocycles. The van der Waals surface area contributed by atoms with Gasteiger partial charge in [0.2, 0.25) is 5.91 Å². The highest BCUT2D eigenvalue weighted by Crippen LogP contribution is 2.27. The summed E-state index contributed by atoms with van der Waals surface area (Å²) in [5.74, 6) is 1.01. The highest BCUT2D eigenvalue weighted by molar-refractivity contribution is 9.10. The predicted octanol–water partition coefficient (Wildman–Crippen LogP) is 4.07. The number of carbonyl (C=O) groups is 1. The molecular formula is C15H20BrClN2O. The van der Waals surface area contributed by atoms with Gasteiger partial charge in [0.25, 0.3) is 0 Å². The molecule has 1 fully saturated rings. The van der Waals surface area contributed by atoms with Crippen LogP contribution in [0.4, 0.5) is 5.69 Å². The van der Waals surface area contributed by atoms with Crippen LogP contribution < -0.4 is 10.6 Å². The van der Waals surface area contributed by atoms with Gasteiger partial charge >= 0.3 is 0 Å². The van der Waals surface area contributed by atoms with E-state index >= 15 is 0 Å². The van der Waals surface area contributed by atoms with Gasteiger partial charge in [0.05, 0.1) is 10.7 Å². The van der Waals surface area contributed by atoms with Gasteiger partial charge in [-0.3, -0.25) is 4.79 Å². The summed E-state index contributed by atoms with van der Waals surface area (Å²) in [6.07, 6.45) is 2.95. The van der Waals surface area contributed by atoms with E-state index in [0.717, 1.165) is 17.6 Å². The largest absolute Gasteiger partial charge is 0.325 e. The van der Waals surface area contributed by atoms with Gasteiger partial charge in [-0.1, -0.05) is 34.5 Å². The summed E-state index contributed by atoms with van der Waals surface area (Å²) in [5.41, 5.74) is 0.675. The smallest absolute Gasteiger partial charge is 0.224 e. The second-order valence-electron chi connectivity index (χ2n) is 5.46. The molecule has 3 nitrogen and oxygen atoms in total. The molecule has 1 heterocycles. The molecule has 1 amide bonds. The molecule has 110 valence electrons. The first-order chi connectivity index (χ1) is 9.56. The first kappa shape index (κ1) is 15.8. The van der Waals surface area contributed by atoms with Crippen LogP contribution in [-0.4, -0.2) is 19.0 Å². The molecule has 2 unspecified atom stereocenters. The Hall–Kier alpha value is -0.580. The number of piperidine rings is 1. The first-order valence-corrected chi connectivity index (χ1v) is 8.19. The fourth-order valence-electron chi connectivity index (χ4n) is 2.62. The molecule has 1 aliphatic heterocycles. The van der Waals surface area contributed by atoms with Crippen LogP contribution in [0.2, 0.25) is 5.02 Å². The minimum atomic E-state index is 0.0345. The highest BCUT2D eigenvalue weighted by atomic mass is 79.9. The maximum Gasteiger partial charge on any atom is 0.224 e. The average molecular weight is 360 g/mol. The number of carbonyl (C=O) groups excluding carboxylic acids is 1. The zero-order valence-electron chi connectivity index (χ0n) is 11.6. The van der Waals surface area contributed by atoms with Crippen molar-refractivity contribution in [2.45, 2.75) is 26.2 Å². The van der Waals surface area contributed by atoms with Crippen LogP contribution in [0.1, 0.15) is 26.2 Å². The Morgan fingerprint density at radius 2 is 2.40 bits per heavy atom. The maximum atomic E-state index is 12.1. The number of halogens is 2. The van der Waals surface area contributed by atoms with E-state index in [-0.39, 0.29) is 5.91 Å². The van der Waals surface area contributed by atoms with Crippen LogP contribution in [0.25, 0.3) is 0 Å². The van der Waals surface area contributed by atoms with Crippen molar-refractivity contribution in [1.82, 2.24) is 5.32 Å². The van der Waals surface area contributed by atoms with Crippen molar-refractivity contribution in [1.29, 1.82) is 0 Å². The first-order valence-electron chi connectivity index (χ1n) is 7.02.